The molecule has 8 heteroatoms. The summed E-state index contributed by atoms with van der Waals surface area (Å²) in [6, 6.07) is 8.59. The van der Waals surface area contributed by atoms with Crippen molar-refractivity contribution in [2.45, 2.75) is 13.3 Å². The summed E-state index contributed by atoms with van der Waals surface area (Å²) >= 11 is 0. The second kappa shape index (κ2) is 8.62. The van der Waals surface area contributed by atoms with Crippen molar-refractivity contribution in [1.29, 1.82) is 0 Å². The van der Waals surface area contributed by atoms with E-state index in [9.17, 15) is 14.5 Å². The van der Waals surface area contributed by atoms with E-state index < -0.39 is 4.92 Å². The van der Waals surface area contributed by atoms with E-state index in [0.717, 1.165) is 0 Å². The van der Waals surface area contributed by atoms with Crippen LogP contribution in [-0.2, 0) is 0 Å². The van der Waals surface area contributed by atoms with Gasteiger partial charge in [0.05, 0.1) is 30.5 Å². The van der Waals surface area contributed by atoms with Crippen molar-refractivity contribution in [3.05, 3.63) is 57.9 Å². The van der Waals surface area contributed by atoms with Gasteiger partial charge in [0, 0.05) is 11.6 Å². The molecule has 0 amide bonds. The van der Waals surface area contributed by atoms with Gasteiger partial charge in [-0.1, -0.05) is 6.92 Å². The molecule has 7 nitrogen and oxygen atoms in total. The Hall–Kier alpha value is -3.16. The Balaban J connectivity index is 2.25. The number of benzene rings is 2. The van der Waals surface area contributed by atoms with Crippen LogP contribution in [0.1, 0.15) is 18.9 Å². The lowest BCUT2D eigenvalue weighted by Crippen LogP contribution is -2.03. The Kier molecular flexibility index (Phi) is 6.27. The number of rotatable bonds is 8. The van der Waals surface area contributed by atoms with E-state index in [1.165, 1.54) is 43.7 Å². The van der Waals surface area contributed by atoms with E-state index in [0.29, 0.717) is 24.3 Å². The molecular formula is C17H18FN3O4. The fourth-order valence-corrected chi connectivity index (χ4v) is 2.02. The number of halogens is 1. The maximum atomic E-state index is 12.8. The van der Waals surface area contributed by atoms with Crippen molar-refractivity contribution in [2.24, 2.45) is 5.10 Å². The van der Waals surface area contributed by atoms with Crippen molar-refractivity contribution < 1.29 is 18.8 Å². The predicted molar refractivity (Wildman–Crippen MR) is 93.1 cm³/mol. The molecule has 0 radical (unpaired) electrons. The van der Waals surface area contributed by atoms with Gasteiger partial charge in [0.2, 0.25) is 5.75 Å². The van der Waals surface area contributed by atoms with Crippen molar-refractivity contribution in [3.8, 4) is 11.5 Å². The maximum absolute atomic E-state index is 12.8. The Labute approximate surface area is 144 Å². The molecule has 0 aliphatic heterocycles. The lowest BCUT2D eigenvalue weighted by molar-refractivity contribution is -0.386. The monoisotopic (exact) mass is 347 g/mol. The minimum absolute atomic E-state index is 0.0954. The first kappa shape index (κ1) is 18.2. The lowest BCUT2D eigenvalue weighted by Gasteiger charge is -2.11. The first-order valence-corrected chi connectivity index (χ1v) is 7.59. The van der Waals surface area contributed by atoms with Gasteiger partial charge in [-0.15, -0.1) is 0 Å². The van der Waals surface area contributed by atoms with E-state index >= 15 is 0 Å². The van der Waals surface area contributed by atoms with Gasteiger partial charge in [-0.3, -0.25) is 15.5 Å². The van der Waals surface area contributed by atoms with Crippen LogP contribution in [0, 0.1) is 15.9 Å². The van der Waals surface area contributed by atoms with Crippen molar-refractivity contribution in [3.63, 3.8) is 0 Å². The molecule has 0 saturated heterocycles. The summed E-state index contributed by atoms with van der Waals surface area (Å²) in [6.07, 6.45) is 2.12. The SMILES string of the molecule is CCCOc1c(OC)cc(/C=N/Nc2ccc(F)cc2)cc1[N+](=O)[O-]. The third kappa shape index (κ3) is 4.90. The number of nitrogens with zero attached hydrogens (tertiary/aromatic N) is 2. The van der Waals surface area contributed by atoms with Crippen LogP contribution in [0.3, 0.4) is 0 Å². The van der Waals surface area contributed by atoms with Crippen LogP contribution in [0.2, 0.25) is 0 Å². The van der Waals surface area contributed by atoms with Crippen LogP contribution in [0.15, 0.2) is 41.5 Å². The van der Waals surface area contributed by atoms with Crippen LogP contribution >= 0.6 is 0 Å². The van der Waals surface area contributed by atoms with Gasteiger partial charge < -0.3 is 9.47 Å². The molecule has 1 N–H and O–H groups in total. The van der Waals surface area contributed by atoms with Gasteiger partial charge in [-0.2, -0.15) is 5.10 Å². The van der Waals surface area contributed by atoms with E-state index in [2.05, 4.69) is 10.5 Å². The highest BCUT2D eigenvalue weighted by atomic mass is 19.1. The largest absolute Gasteiger partial charge is 0.493 e. The summed E-state index contributed by atoms with van der Waals surface area (Å²) < 4.78 is 23.5. The highest BCUT2D eigenvalue weighted by molar-refractivity contribution is 5.83. The molecule has 0 saturated carbocycles. The highest BCUT2D eigenvalue weighted by Gasteiger charge is 2.21. The van der Waals surface area contributed by atoms with Crippen molar-refractivity contribution in [1.82, 2.24) is 0 Å². The van der Waals surface area contributed by atoms with E-state index in [1.807, 2.05) is 6.92 Å². The number of hydrazone groups is 1. The number of hydrogen-bond donors (Lipinski definition) is 1. The second-order valence-electron chi connectivity index (χ2n) is 5.05. The predicted octanol–water partition coefficient (Wildman–Crippen LogP) is 3.98. The molecular weight excluding hydrogens is 329 g/mol. The van der Waals surface area contributed by atoms with Crippen LogP contribution in [-0.4, -0.2) is 24.9 Å². The molecule has 132 valence electrons. The van der Waals surface area contributed by atoms with Gasteiger partial charge >= 0.3 is 5.69 Å². The Morgan fingerprint density at radius 1 is 1.32 bits per heavy atom. The molecule has 2 rings (SSSR count). The fourth-order valence-electron chi connectivity index (χ4n) is 2.02. The quantitative estimate of drug-likeness (QED) is 0.443. The van der Waals surface area contributed by atoms with Gasteiger partial charge in [-0.05, 0) is 36.8 Å². The number of nitro benzene ring substituents is 1. The molecule has 0 aromatic heterocycles. The number of hydrogen-bond acceptors (Lipinski definition) is 6. The molecule has 0 bridgehead atoms. The van der Waals surface area contributed by atoms with Crippen LogP contribution in [0.25, 0.3) is 0 Å². The van der Waals surface area contributed by atoms with Crippen LogP contribution in [0.4, 0.5) is 15.8 Å². The number of nitro groups is 1. The molecule has 0 atom stereocenters. The zero-order valence-electron chi connectivity index (χ0n) is 13.9. The Morgan fingerprint density at radius 3 is 2.64 bits per heavy atom. The number of anilines is 1. The highest BCUT2D eigenvalue weighted by Crippen LogP contribution is 2.38. The normalized spacial score (nSPS) is 10.7. The summed E-state index contributed by atoms with van der Waals surface area (Å²) in [5.41, 5.74) is 3.56. The lowest BCUT2D eigenvalue weighted by atomic mass is 10.2. The standard InChI is InChI=1S/C17H18FN3O4/c1-3-8-25-17-15(21(22)23)9-12(10-16(17)24-2)11-19-20-14-6-4-13(18)5-7-14/h4-7,9-11,20H,3,8H2,1-2H3/b19-11+. The molecule has 0 heterocycles. The summed E-state index contributed by atoms with van der Waals surface area (Å²) in [7, 11) is 1.41. The third-order valence-corrected chi connectivity index (χ3v) is 3.18. The molecule has 2 aromatic carbocycles. The van der Waals surface area contributed by atoms with Crippen molar-refractivity contribution in [2.75, 3.05) is 19.1 Å². The third-order valence-electron chi connectivity index (χ3n) is 3.18. The van der Waals surface area contributed by atoms with E-state index in [4.69, 9.17) is 9.47 Å². The molecule has 0 aliphatic carbocycles. The summed E-state index contributed by atoms with van der Waals surface area (Å²) in [4.78, 5) is 10.8. The van der Waals surface area contributed by atoms with Crippen molar-refractivity contribution >= 4 is 17.6 Å². The van der Waals surface area contributed by atoms with Gasteiger partial charge in [0.25, 0.3) is 0 Å². The number of ether oxygens (including phenoxy) is 2. The first-order chi connectivity index (χ1) is 12.0. The number of nitrogens with one attached hydrogen (secondary N) is 1. The maximum Gasteiger partial charge on any atom is 0.315 e. The summed E-state index contributed by atoms with van der Waals surface area (Å²) in [5, 5.41) is 15.3. The molecule has 0 fully saturated rings. The first-order valence-electron chi connectivity index (χ1n) is 7.59. The van der Waals surface area contributed by atoms with Crippen LogP contribution in [0.5, 0.6) is 11.5 Å². The minimum atomic E-state index is -0.530. The van der Waals surface area contributed by atoms with E-state index in [-0.39, 0.29) is 23.0 Å². The summed E-state index contributed by atoms with van der Waals surface area (Å²) in [5.74, 6) is 0.00133. The molecule has 2 aromatic rings. The minimum Gasteiger partial charge on any atom is -0.493 e. The molecule has 0 spiro atoms. The molecule has 0 aliphatic rings. The summed E-state index contributed by atoms with van der Waals surface area (Å²) in [6.45, 7) is 2.25. The average Bonchev–Trinajstić information content (AvgIpc) is 2.61. The topological polar surface area (TPSA) is 86.0 Å². The second-order valence-corrected chi connectivity index (χ2v) is 5.05. The Bertz CT molecular complexity index is 763. The Morgan fingerprint density at radius 2 is 2.04 bits per heavy atom. The molecule has 25 heavy (non-hydrogen) atoms. The average molecular weight is 347 g/mol. The smallest absolute Gasteiger partial charge is 0.315 e. The molecule has 0 unspecified atom stereocenters. The van der Waals surface area contributed by atoms with Gasteiger partial charge in [0.15, 0.2) is 5.75 Å². The zero-order chi connectivity index (χ0) is 18.2. The van der Waals surface area contributed by atoms with Crippen LogP contribution < -0.4 is 14.9 Å². The van der Waals surface area contributed by atoms with E-state index in [1.54, 1.807) is 6.07 Å². The zero-order valence-corrected chi connectivity index (χ0v) is 13.9. The van der Waals surface area contributed by atoms with Gasteiger partial charge in [-0.25, -0.2) is 4.39 Å². The fraction of sp³-hybridized carbons (Fsp3) is 0.235. The number of methoxy groups -OCH3 is 1. The van der Waals surface area contributed by atoms with Gasteiger partial charge in [0.1, 0.15) is 5.82 Å².